The summed E-state index contributed by atoms with van der Waals surface area (Å²) in [6.07, 6.45) is 0. The lowest BCUT2D eigenvalue weighted by Crippen LogP contribution is -1.98. The molecule has 0 unspecified atom stereocenters. The van der Waals surface area contributed by atoms with Crippen LogP contribution in [0.3, 0.4) is 0 Å². The number of hydrogen-bond donors (Lipinski definition) is 0. The highest BCUT2D eigenvalue weighted by molar-refractivity contribution is 5.80. The van der Waals surface area contributed by atoms with E-state index in [0.717, 1.165) is 28.2 Å². The number of benzene rings is 2. The Morgan fingerprint density at radius 2 is 1.88 bits per heavy atom. The van der Waals surface area contributed by atoms with Gasteiger partial charge in [0.05, 0.1) is 7.11 Å². The monoisotopic (exact) mass is 325 g/mol. The van der Waals surface area contributed by atoms with E-state index in [0.29, 0.717) is 24.5 Å². The fraction of sp³-hybridized carbons (Fsp3) is 0.211. The second kappa shape index (κ2) is 7.08. The molecule has 0 aliphatic rings. The zero-order chi connectivity index (χ0) is 16.9. The second-order valence-electron chi connectivity index (χ2n) is 5.50. The maximum Gasteiger partial charge on any atom is 0.170 e. The van der Waals surface area contributed by atoms with Crippen LogP contribution in [0.5, 0.6) is 17.2 Å². The van der Waals surface area contributed by atoms with Gasteiger partial charge in [-0.25, -0.2) is 0 Å². The number of aromatic nitrogens is 1. The molecular formula is C19H19NO4. The van der Waals surface area contributed by atoms with Gasteiger partial charge in [0.1, 0.15) is 36.2 Å². The van der Waals surface area contributed by atoms with Crippen LogP contribution in [0.2, 0.25) is 0 Å². The number of methoxy groups -OCH3 is 1. The molecule has 5 nitrogen and oxygen atoms in total. The van der Waals surface area contributed by atoms with Crippen LogP contribution in [0, 0.1) is 0 Å². The molecule has 0 spiro atoms. The van der Waals surface area contributed by atoms with E-state index in [9.17, 15) is 0 Å². The molecule has 0 N–H and O–H groups in total. The Labute approximate surface area is 140 Å². The molecule has 1 heterocycles. The van der Waals surface area contributed by atoms with Crippen LogP contribution < -0.4 is 14.2 Å². The minimum absolute atomic E-state index is 0.312. The van der Waals surface area contributed by atoms with Crippen molar-refractivity contribution in [3.63, 3.8) is 0 Å². The number of rotatable bonds is 7. The molecule has 0 saturated carbocycles. The van der Waals surface area contributed by atoms with Gasteiger partial charge in [-0.1, -0.05) is 17.8 Å². The average molecular weight is 325 g/mol. The average Bonchev–Trinajstić information content (AvgIpc) is 3.00. The molecular weight excluding hydrogens is 306 g/mol. The molecule has 0 amide bonds. The number of ether oxygens (including phenoxy) is 3. The molecule has 0 radical (unpaired) electrons. The number of fused-ring (bicyclic) bond motifs is 1. The SMILES string of the molecule is C=C(C)COc1ccc2c(COc3cccc(OC)c3)noc2c1. The molecule has 3 aromatic rings. The van der Waals surface area contributed by atoms with Gasteiger partial charge in [-0.3, -0.25) is 0 Å². The lowest BCUT2D eigenvalue weighted by atomic mass is 10.2. The van der Waals surface area contributed by atoms with Gasteiger partial charge in [0.2, 0.25) is 0 Å². The van der Waals surface area contributed by atoms with Crippen LogP contribution in [-0.2, 0) is 6.61 Å². The zero-order valence-electron chi connectivity index (χ0n) is 13.7. The summed E-state index contributed by atoms with van der Waals surface area (Å²) in [5.41, 5.74) is 2.36. The first-order chi connectivity index (χ1) is 11.7. The highest BCUT2D eigenvalue weighted by Gasteiger charge is 2.10. The first-order valence-electron chi connectivity index (χ1n) is 7.58. The Hall–Kier alpha value is -2.95. The van der Waals surface area contributed by atoms with Crippen LogP contribution in [-0.4, -0.2) is 18.9 Å². The molecule has 0 saturated heterocycles. The summed E-state index contributed by atoms with van der Waals surface area (Å²) in [7, 11) is 1.62. The molecule has 2 aromatic carbocycles. The van der Waals surface area contributed by atoms with E-state index in [1.807, 2.05) is 49.4 Å². The van der Waals surface area contributed by atoms with Crippen molar-refractivity contribution >= 4 is 11.0 Å². The molecule has 0 bridgehead atoms. The van der Waals surface area contributed by atoms with E-state index in [4.69, 9.17) is 18.7 Å². The molecule has 0 atom stereocenters. The van der Waals surface area contributed by atoms with Gasteiger partial charge in [-0.05, 0) is 36.8 Å². The second-order valence-corrected chi connectivity index (χ2v) is 5.50. The number of nitrogens with zero attached hydrogens (tertiary/aromatic N) is 1. The Morgan fingerprint density at radius 1 is 1.08 bits per heavy atom. The van der Waals surface area contributed by atoms with Gasteiger partial charge in [0.25, 0.3) is 0 Å². The first-order valence-corrected chi connectivity index (χ1v) is 7.58. The van der Waals surface area contributed by atoms with E-state index in [2.05, 4.69) is 11.7 Å². The maximum absolute atomic E-state index is 5.76. The maximum atomic E-state index is 5.76. The van der Waals surface area contributed by atoms with Gasteiger partial charge in [0.15, 0.2) is 5.58 Å². The Kier molecular flexibility index (Phi) is 4.70. The van der Waals surface area contributed by atoms with Gasteiger partial charge < -0.3 is 18.7 Å². The quantitative estimate of drug-likeness (QED) is 0.604. The highest BCUT2D eigenvalue weighted by atomic mass is 16.5. The Bertz CT molecular complexity index is 853. The van der Waals surface area contributed by atoms with Gasteiger partial charge >= 0.3 is 0 Å². The summed E-state index contributed by atoms with van der Waals surface area (Å²) in [5, 5.41) is 4.99. The van der Waals surface area contributed by atoms with Crippen LogP contribution in [0.4, 0.5) is 0 Å². The molecule has 0 aliphatic carbocycles. The van der Waals surface area contributed by atoms with Crippen molar-refractivity contribution < 1.29 is 18.7 Å². The summed E-state index contributed by atoms with van der Waals surface area (Å²) < 4.78 is 21.9. The third-order valence-electron chi connectivity index (χ3n) is 3.42. The van der Waals surface area contributed by atoms with E-state index in [1.54, 1.807) is 7.11 Å². The summed E-state index contributed by atoms with van der Waals surface area (Å²) in [6.45, 7) is 6.52. The van der Waals surface area contributed by atoms with Crippen LogP contribution >= 0.6 is 0 Å². The van der Waals surface area contributed by atoms with Crippen molar-refractivity contribution in [2.45, 2.75) is 13.5 Å². The van der Waals surface area contributed by atoms with E-state index >= 15 is 0 Å². The normalized spacial score (nSPS) is 10.6. The minimum Gasteiger partial charge on any atom is -0.497 e. The molecule has 5 heteroatoms. The summed E-state index contributed by atoms with van der Waals surface area (Å²) in [6, 6.07) is 13.1. The lowest BCUT2D eigenvalue weighted by Gasteiger charge is -2.06. The van der Waals surface area contributed by atoms with E-state index < -0.39 is 0 Å². The zero-order valence-corrected chi connectivity index (χ0v) is 13.7. The molecule has 1 aromatic heterocycles. The van der Waals surface area contributed by atoms with Crippen LogP contribution in [0.25, 0.3) is 11.0 Å². The summed E-state index contributed by atoms with van der Waals surface area (Å²) >= 11 is 0. The summed E-state index contributed by atoms with van der Waals surface area (Å²) in [5.74, 6) is 2.19. The fourth-order valence-corrected chi connectivity index (χ4v) is 2.21. The highest BCUT2D eigenvalue weighted by Crippen LogP contribution is 2.26. The fourth-order valence-electron chi connectivity index (χ4n) is 2.21. The molecule has 124 valence electrons. The third kappa shape index (κ3) is 3.68. The van der Waals surface area contributed by atoms with Crippen molar-refractivity contribution in [1.29, 1.82) is 0 Å². The molecule has 0 aliphatic heterocycles. The number of hydrogen-bond acceptors (Lipinski definition) is 5. The van der Waals surface area contributed by atoms with Crippen molar-refractivity contribution in [1.82, 2.24) is 5.16 Å². The standard InChI is InChI=1S/C19H19NO4/c1-13(2)11-22-16-7-8-17-18(20-24-19(17)10-16)12-23-15-6-4-5-14(9-15)21-3/h4-10H,1,11-12H2,2-3H3. The van der Waals surface area contributed by atoms with Crippen LogP contribution in [0.15, 0.2) is 59.1 Å². The molecule has 0 fully saturated rings. The smallest absolute Gasteiger partial charge is 0.170 e. The van der Waals surface area contributed by atoms with E-state index in [-0.39, 0.29) is 0 Å². The Balaban J connectivity index is 1.72. The molecule has 24 heavy (non-hydrogen) atoms. The third-order valence-corrected chi connectivity index (χ3v) is 3.42. The minimum atomic E-state index is 0.312. The topological polar surface area (TPSA) is 53.7 Å². The van der Waals surface area contributed by atoms with Gasteiger partial charge in [-0.2, -0.15) is 0 Å². The van der Waals surface area contributed by atoms with E-state index in [1.165, 1.54) is 0 Å². The summed E-state index contributed by atoms with van der Waals surface area (Å²) in [4.78, 5) is 0. The van der Waals surface area contributed by atoms with Crippen LogP contribution in [0.1, 0.15) is 12.6 Å². The van der Waals surface area contributed by atoms with Crippen molar-refractivity contribution in [3.8, 4) is 17.2 Å². The molecule has 3 rings (SSSR count). The van der Waals surface area contributed by atoms with Crippen molar-refractivity contribution in [3.05, 3.63) is 60.3 Å². The first kappa shape index (κ1) is 15.9. The van der Waals surface area contributed by atoms with Crippen molar-refractivity contribution in [2.75, 3.05) is 13.7 Å². The largest absolute Gasteiger partial charge is 0.497 e. The van der Waals surface area contributed by atoms with Crippen molar-refractivity contribution in [2.24, 2.45) is 0 Å². The van der Waals surface area contributed by atoms with Gasteiger partial charge in [-0.15, -0.1) is 0 Å². The predicted molar refractivity (Wildman–Crippen MR) is 91.6 cm³/mol. The van der Waals surface area contributed by atoms with Gasteiger partial charge in [0, 0.05) is 17.5 Å². The predicted octanol–water partition coefficient (Wildman–Crippen LogP) is 4.37. The lowest BCUT2D eigenvalue weighted by molar-refractivity contribution is 0.290. The Morgan fingerprint density at radius 3 is 2.67 bits per heavy atom.